The second kappa shape index (κ2) is 9.99. The van der Waals surface area contributed by atoms with Crippen molar-refractivity contribution in [3.05, 3.63) is 89.2 Å². The molecule has 8 nitrogen and oxygen atoms in total. The number of carbonyl (C=O) groups is 2. The minimum absolute atomic E-state index is 0.0506. The summed E-state index contributed by atoms with van der Waals surface area (Å²) < 4.78 is 10.6. The summed E-state index contributed by atoms with van der Waals surface area (Å²) in [6.45, 7) is 0.473. The number of ether oxygens (including phenoxy) is 2. The van der Waals surface area contributed by atoms with Gasteiger partial charge in [-0.25, -0.2) is 9.97 Å². The number of hydrogen-bond donors (Lipinski definition) is 2. The number of carbonyl (C=O) groups excluding carboxylic acids is 2. The zero-order valence-corrected chi connectivity index (χ0v) is 18.9. The molecular weight excluding hydrogens is 432 g/mol. The Labute approximate surface area is 196 Å². The fourth-order valence-corrected chi connectivity index (χ4v) is 3.77. The molecule has 0 spiro atoms. The van der Waals surface area contributed by atoms with Crippen LogP contribution < -0.4 is 20.5 Å². The van der Waals surface area contributed by atoms with Gasteiger partial charge in [0.15, 0.2) is 5.78 Å². The van der Waals surface area contributed by atoms with Gasteiger partial charge in [-0.2, -0.15) is 0 Å². The lowest BCUT2D eigenvalue weighted by atomic mass is 10.0. The quantitative estimate of drug-likeness (QED) is 0.368. The van der Waals surface area contributed by atoms with Crippen LogP contribution in [0.25, 0.3) is 10.9 Å². The van der Waals surface area contributed by atoms with Crippen molar-refractivity contribution >= 4 is 28.4 Å². The summed E-state index contributed by atoms with van der Waals surface area (Å²) in [4.78, 5) is 33.2. The molecule has 1 heterocycles. The number of Topliss-reactive ketones (excluding diaryl/α,β-unsaturated/α-hetero) is 1. The van der Waals surface area contributed by atoms with Crippen LogP contribution >= 0.6 is 0 Å². The van der Waals surface area contributed by atoms with Crippen molar-refractivity contribution in [2.24, 2.45) is 5.73 Å². The summed E-state index contributed by atoms with van der Waals surface area (Å²) in [5.41, 5.74) is 8.67. The first-order chi connectivity index (χ1) is 16.5. The molecule has 4 rings (SSSR count). The Balaban J connectivity index is 1.50. The molecule has 1 aromatic heterocycles. The molecule has 4 aromatic rings. The highest BCUT2D eigenvalue weighted by molar-refractivity contribution is 6.06. The number of rotatable bonds is 9. The van der Waals surface area contributed by atoms with Gasteiger partial charge in [-0.3, -0.25) is 9.59 Å². The van der Waals surface area contributed by atoms with E-state index >= 15 is 0 Å². The van der Waals surface area contributed by atoms with E-state index in [2.05, 4.69) is 15.3 Å². The van der Waals surface area contributed by atoms with E-state index in [1.165, 1.54) is 13.4 Å². The number of aromatic nitrogens is 2. The van der Waals surface area contributed by atoms with Gasteiger partial charge in [-0.15, -0.1) is 0 Å². The fourth-order valence-electron chi connectivity index (χ4n) is 3.77. The summed E-state index contributed by atoms with van der Waals surface area (Å²) in [6.07, 6.45) is 1.63. The second-order valence-corrected chi connectivity index (χ2v) is 7.63. The minimum atomic E-state index is -0.541. The number of anilines is 1. The van der Waals surface area contributed by atoms with Gasteiger partial charge in [0.25, 0.3) is 5.91 Å². The van der Waals surface area contributed by atoms with Gasteiger partial charge in [0, 0.05) is 24.4 Å². The van der Waals surface area contributed by atoms with Crippen molar-refractivity contribution in [1.29, 1.82) is 0 Å². The SMILES string of the molecule is COc1ccc(C(=O)Cc2cccc(CNc3ncnc4c(C(N)=O)cccc34)c2)c(OC)c1. The lowest BCUT2D eigenvalue weighted by Crippen LogP contribution is -2.12. The number of nitrogens with two attached hydrogens (primary N) is 1. The average molecular weight is 457 g/mol. The number of hydrogen-bond acceptors (Lipinski definition) is 7. The van der Waals surface area contributed by atoms with E-state index in [1.54, 1.807) is 37.4 Å². The number of methoxy groups -OCH3 is 2. The van der Waals surface area contributed by atoms with Crippen LogP contribution in [0.4, 0.5) is 5.82 Å². The molecule has 1 amide bonds. The standard InChI is InChI=1S/C26H24N4O4/c1-33-18-9-10-19(23(13-18)34-2)22(31)12-16-5-3-6-17(11-16)14-28-26-21-8-4-7-20(25(27)32)24(21)29-15-30-26/h3-11,13,15H,12,14H2,1-2H3,(H2,27,32)(H,28,29,30). The zero-order valence-electron chi connectivity index (χ0n) is 18.9. The fraction of sp³-hybridized carbons (Fsp3) is 0.154. The number of benzene rings is 3. The van der Waals surface area contributed by atoms with Gasteiger partial charge in [0.05, 0.1) is 30.9 Å². The molecule has 0 aliphatic rings. The molecule has 172 valence electrons. The van der Waals surface area contributed by atoms with Crippen LogP contribution in [0.5, 0.6) is 11.5 Å². The van der Waals surface area contributed by atoms with Crippen molar-refractivity contribution in [2.45, 2.75) is 13.0 Å². The van der Waals surface area contributed by atoms with E-state index in [0.717, 1.165) is 11.1 Å². The van der Waals surface area contributed by atoms with E-state index in [9.17, 15) is 9.59 Å². The normalized spacial score (nSPS) is 10.6. The van der Waals surface area contributed by atoms with Gasteiger partial charge in [0.2, 0.25) is 0 Å². The maximum absolute atomic E-state index is 12.9. The van der Waals surface area contributed by atoms with Crippen molar-refractivity contribution < 1.29 is 19.1 Å². The molecule has 3 aromatic carbocycles. The summed E-state index contributed by atoms with van der Waals surface area (Å²) in [5, 5.41) is 4.00. The maximum atomic E-state index is 12.9. The number of amides is 1. The molecule has 0 radical (unpaired) electrons. The van der Waals surface area contributed by atoms with E-state index < -0.39 is 5.91 Å². The monoisotopic (exact) mass is 456 g/mol. The number of nitrogens with zero attached hydrogens (tertiary/aromatic N) is 2. The Kier molecular flexibility index (Phi) is 6.68. The van der Waals surface area contributed by atoms with Crippen LogP contribution in [-0.2, 0) is 13.0 Å². The lowest BCUT2D eigenvalue weighted by molar-refractivity contribution is 0.0985. The van der Waals surface area contributed by atoms with Crippen molar-refractivity contribution in [3.8, 4) is 11.5 Å². The number of nitrogens with one attached hydrogen (secondary N) is 1. The third-order valence-corrected chi connectivity index (χ3v) is 5.46. The molecule has 0 saturated heterocycles. The van der Waals surface area contributed by atoms with Crippen LogP contribution in [0.2, 0.25) is 0 Å². The molecule has 34 heavy (non-hydrogen) atoms. The molecule has 0 aliphatic carbocycles. The van der Waals surface area contributed by atoms with Gasteiger partial charge in [0.1, 0.15) is 23.6 Å². The van der Waals surface area contributed by atoms with Crippen molar-refractivity contribution in [2.75, 3.05) is 19.5 Å². The van der Waals surface area contributed by atoms with E-state index in [-0.39, 0.29) is 12.2 Å². The molecule has 0 unspecified atom stereocenters. The minimum Gasteiger partial charge on any atom is -0.497 e. The Morgan fingerprint density at radius 3 is 2.47 bits per heavy atom. The van der Waals surface area contributed by atoms with Gasteiger partial charge >= 0.3 is 0 Å². The number of fused-ring (bicyclic) bond motifs is 1. The summed E-state index contributed by atoms with van der Waals surface area (Å²) >= 11 is 0. The zero-order chi connectivity index (χ0) is 24.1. The number of ketones is 1. The molecule has 0 bridgehead atoms. The third kappa shape index (κ3) is 4.80. The summed E-state index contributed by atoms with van der Waals surface area (Å²) in [5.74, 6) is 1.11. The van der Waals surface area contributed by atoms with E-state index in [0.29, 0.717) is 45.9 Å². The van der Waals surface area contributed by atoms with Gasteiger partial charge in [-0.05, 0) is 35.4 Å². The number of para-hydroxylation sites is 1. The smallest absolute Gasteiger partial charge is 0.250 e. The van der Waals surface area contributed by atoms with Crippen molar-refractivity contribution in [3.63, 3.8) is 0 Å². The molecule has 8 heteroatoms. The van der Waals surface area contributed by atoms with Gasteiger partial charge in [-0.1, -0.05) is 30.3 Å². The topological polar surface area (TPSA) is 116 Å². The third-order valence-electron chi connectivity index (χ3n) is 5.46. The molecular formula is C26H24N4O4. The van der Waals surface area contributed by atoms with Crippen LogP contribution in [0, 0.1) is 0 Å². The Hall–Kier alpha value is -4.46. The van der Waals surface area contributed by atoms with Crippen molar-refractivity contribution in [1.82, 2.24) is 9.97 Å². The second-order valence-electron chi connectivity index (χ2n) is 7.63. The largest absolute Gasteiger partial charge is 0.497 e. The summed E-state index contributed by atoms with van der Waals surface area (Å²) in [7, 11) is 3.10. The van der Waals surface area contributed by atoms with Crippen LogP contribution in [0.15, 0.2) is 67.0 Å². The molecule has 0 fully saturated rings. The first kappa shape index (κ1) is 22.7. The number of primary amides is 1. The highest BCUT2D eigenvalue weighted by atomic mass is 16.5. The van der Waals surface area contributed by atoms with Crippen LogP contribution in [-0.4, -0.2) is 35.9 Å². The molecule has 0 atom stereocenters. The molecule has 3 N–H and O–H groups in total. The summed E-state index contributed by atoms with van der Waals surface area (Å²) in [6, 6.07) is 18.1. The Morgan fingerprint density at radius 2 is 1.71 bits per heavy atom. The Bertz CT molecular complexity index is 1370. The highest BCUT2D eigenvalue weighted by Gasteiger charge is 2.15. The average Bonchev–Trinajstić information content (AvgIpc) is 2.86. The Morgan fingerprint density at radius 1 is 0.912 bits per heavy atom. The molecule has 0 aliphatic heterocycles. The lowest BCUT2D eigenvalue weighted by Gasteiger charge is -2.11. The highest BCUT2D eigenvalue weighted by Crippen LogP contribution is 2.26. The maximum Gasteiger partial charge on any atom is 0.250 e. The van der Waals surface area contributed by atoms with E-state index in [4.69, 9.17) is 15.2 Å². The first-order valence-electron chi connectivity index (χ1n) is 10.6. The predicted octanol–water partition coefficient (Wildman–Crippen LogP) is 3.78. The molecule has 0 saturated carbocycles. The van der Waals surface area contributed by atoms with Crippen LogP contribution in [0.1, 0.15) is 31.8 Å². The van der Waals surface area contributed by atoms with Crippen LogP contribution in [0.3, 0.4) is 0 Å². The van der Waals surface area contributed by atoms with E-state index in [1.807, 2.05) is 30.3 Å². The van der Waals surface area contributed by atoms with Gasteiger partial charge < -0.3 is 20.5 Å². The first-order valence-corrected chi connectivity index (χ1v) is 10.6. The predicted molar refractivity (Wildman–Crippen MR) is 129 cm³/mol.